The zero-order valence-electron chi connectivity index (χ0n) is 12.3. The number of amides is 2. The van der Waals surface area contributed by atoms with E-state index in [9.17, 15) is 23.1 Å². The first kappa shape index (κ1) is 17.7. The number of rotatable bonds is 6. The number of carboxylic acid groups (broad SMARTS) is 1. The van der Waals surface area contributed by atoms with Crippen molar-refractivity contribution in [3.63, 3.8) is 0 Å². The predicted molar refractivity (Wildman–Crippen MR) is 78.9 cm³/mol. The van der Waals surface area contributed by atoms with Crippen molar-refractivity contribution in [2.75, 3.05) is 18.6 Å². The van der Waals surface area contributed by atoms with E-state index in [2.05, 4.69) is 10.6 Å². The second-order valence-corrected chi connectivity index (χ2v) is 7.83. The number of urea groups is 1. The fourth-order valence-electron chi connectivity index (χ4n) is 2.53. The minimum absolute atomic E-state index is 0.0223. The third-order valence-corrected chi connectivity index (χ3v) is 4.66. The van der Waals surface area contributed by atoms with E-state index in [0.717, 1.165) is 25.5 Å². The molecule has 2 unspecified atom stereocenters. The van der Waals surface area contributed by atoms with Crippen LogP contribution in [0.3, 0.4) is 0 Å². The normalized spacial score (nSPS) is 23.1. The highest BCUT2D eigenvalue weighted by Crippen LogP contribution is 2.23. The van der Waals surface area contributed by atoms with Crippen molar-refractivity contribution >= 4 is 21.8 Å². The highest BCUT2D eigenvalue weighted by atomic mass is 32.2. The molecule has 8 heteroatoms. The average molecular weight is 320 g/mol. The lowest BCUT2D eigenvalue weighted by Gasteiger charge is -2.23. The van der Waals surface area contributed by atoms with Gasteiger partial charge in [-0.3, -0.25) is 4.79 Å². The van der Waals surface area contributed by atoms with Crippen LogP contribution in [0.25, 0.3) is 0 Å². The number of nitrogens with one attached hydrogen (secondary N) is 2. The van der Waals surface area contributed by atoms with Crippen LogP contribution >= 0.6 is 0 Å². The van der Waals surface area contributed by atoms with Gasteiger partial charge in [-0.15, -0.1) is 0 Å². The summed E-state index contributed by atoms with van der Waals surface area (Å²) < 4.78 is 21.9. The van der Waals surface area contributed by atoms with Crippen LogP contribution in [0.15, 0.2) is 0 Å². The van der Waals surface area contributed by atoms with E-state index in [1.807, 2.05) is 0 Å². The maximum absolute atomic E-state index is 11.8. The molecule has 1 aliphatic rings. The first-order chi connectivity index (χ1) is 9.79. The van der Waals surface area contributed by atoms with Crippen molar-refractivity contribution in [3.8, 4) is 0 Å². The maximum Gasteiger partial charge on any atom is 0.315 e. The Hall–Kier alpha value is -1.31. The number of carbonyl (C=O) groups is 2. The summed E-state index contributed by atoms with van der Waals surface area (Å²) in [5.41, 5.74) is 0. The summed E-state index contributed by atoms with van der Waals surface area (Å²) >= 11 is 0. The second kappa shape index (κ2) is 8.21. The highest BCUT2D eigenvalue weighted by Gasteiger charge is 2.30. The van der Waals surface area contributed by atoms with Crippen molar-refractivity contribution in [2.45, 2.75) is 44.6 Å². The number of aliphatic carboxylic acids is 1. The van der Waals surface area contributed by atoms with Gasteiger partial charge in [-0.1, -0.05) is 19.3 Å². The Morgan fingerprint density at radius 2 is 1.86 bits per heavy atom. The molecular formula is C13H24N2O5S. The van der Waals surface area contributed by atoms with Crippen LogP contribution in [0.1, 0.15) is 38.5 Å². The molecule has 0 aromatic carbocycles. The standard InChI is InChI=1S/C13H24N2O5S/c1-21(19,20)9-5-8-14-13(18)15-11-7-4-2-3-6-10(11)12(16)17/h10-11H,2-9H2,1H3,(H,16,17)(H2,14,15,18). The van der Waals surface area contributed by atoms with E-state index in [1.54, 1.807) is 0 Å². The molecule has 1 saturated carbocycles. The Labute approximate surface area is 125 Å². The third-order valence-electron chi connectivity index (χ3n) is 3.63. The Morgan fingerprint density at radius 3 is 2.48 bits per heavy atom. The fraction of sp³-hybridized carbons (Fsp3) is 0.846. The van der Waals surface area contributed by atoms with Gasteiger partial charge in [0.2, 0.25) is 0 Å². The lowest BCUT2D eigenvalue weighted by atomic mass is 9.95. The van der Waals surface area contributed by atoms with Gasteiger partial charge in [0, 0.05) is 18.8 Å². The molecule has 0 aliphatic heterocycles. The van der Waals surface area contributed by atoms with Crippen LogP contribution in [0.4, 0.5) is 4.79 Å². The highest BCUT2D eigenvalue weighted by molar-refractivity contribution is 7.90. The topological polar surface area (TPSA) is 113 Å². The Morgan fingerprint density at radius 1 is 1.19 bits per heavy atom. The Kier molecular flexibility index (Phi) is 6.94. The van der Waals surface area contributed by atoms with Crippen molar-refractivity contribution in [3.05, 3.63) is 0 Å². The monoisotopic (exact) mass is 320 g/mol. The Balaban J connectivity index is 2.38. The van der Waals surface area contributed by atoms with Crippen molar-refractivity contribution in [2.24, 2.45) is 5.92 Å². The first-order valence-corrected chi connectivity index (χ1v) is 9.30. The van der Waals surface area contributed by atoms with Gasteiger partial charge in [0.05, 0.1) is 11.7 Å². The zero-order chi connectivity index (χ0) is 15.9. The predicted octanol–water partition coefficient (Wildman–Crippen LogP) is 0.754. The molecule has 3 N–H and O–H groups in total. The lowest BCUT2D eigenvalue weighted by molar-refractivity contribution is -0.142. The van der Waals surface area contributed by atoms with E-state index in [0.29, 0.717) is 19.3 Å². The molecule has 0 bridgehead atoms. The van der Waals surface area contributed by atoms with Gasteiger partial charge in [-0.25, -0.2) is 13.2 Å². The summed E-state index contributed by atoms with van der Waals surface area (Å²) in [5, 5.41) is 14.5. The zero-order valence-corrected chi connectivity index (χ0v) is 13.1. The molecule has 0 aromatic rings. The summed E-state index contributed by atoms with van der Waals surface area (Å²) in [4.78, 5) is 23.0. The summed E-state index contributed by atoms with van der Waals surface area (Å²) in [5.74, 6) is -1.40. The molecule has 1 rings (SSSR count). The van der Waals surface area contributed by atoms with Crippen molar-refractivity contribution in [1.82, 2.24) is 10.6 Å². The van der Waals surface area contributed by atoms with Crippen LogP contribution in [0, 0.1) is 5.92 Å². The second-order valence-electron chi connectivity index (χ2n) is 5.57. The average Bonchev–Trinajstić information content (AvgIpc) is 2.59. The van der Waals surface area contributed by atoms with Gasteiger partial charge >= 0.3 is 12.0 Å². The fourth-order valence-corrected chi connectivity index (χ4v) is 3.20. The van der Waals surface area contributed by atoms with Crippen LogP contribution < -0.4 is 10.6 Å². The van der Waals surface area contributed by atoms with Crippen molar-refractivity contribution < 1.29 is 23.1 Å². The smallest absolute Gasteiger partial charge is 0.315 e. The summed E-state index contributed by atoms with van der Waals surface area (Å²) in [6, 6.07) is -0.790. The number of hydrogen-bond acceptors (Lipinski definition) is 4. The minimum atomic E-state index is -3.02. The van der Waals surface area contributed by atoms with Gasteiger partial charge in [-0.2, -0.15) is 0 Å². The summed E-state index contributed by atoms with van der Waals surface area (Å²) in [6.07, 6.45) is 5.49. The summed E-state index contributed by atoms with van der Waals surface area (Å²) in [7, 11) is -3.02. The van der Waals surface area contributed by atoms with Crippen LogP contribution in [0.2, 0.25) is 0 Å². The lowest BCUT2D eigenvalue weighted by Crippen LogP contribution is -2.47. The molecule has 7 nitrogen and oxygen atoms in total. The molecule has 21 heavy (non-hydrogen) atoms. The van der Waals surface area contributed by atoms with E-state index in [4.69, 9.17) is 0 Å². The van der Waals surface area contributed by atoms with Crippen LogP contribution in [0.5, 0.6) is 0 Å². The van der Waals surface area contributed by atoms with E-state index in [-0.39, 0.29) is 18.3 Å². The molecule has 2 amide bonds. The molecule has 1 aliphatic carbocycles. The molecule has 2 atom stereocenters. The first-order valence-electron chi connectivity index (χ1n) is 7.24. The molecule has 0 radical (unpaired) electrons. The Bertz CT molecular complexity index is 463. The minimum Gasteiger partial charge on any atom is -0.481 e. The molecule has 1 fully saturated rings. The van der Waals surface area contributed by atoms with Gasteiger partial charge in [0.25, 0.3) is 0 Å². The van der Waals surface area contributed by atoms with Gasteiger partial charge in [0.15, 0.2) is 0 Å². The van der Waals surface area contributed by atoms with Crippen molar-refractivity contribution in [1.29, 1.82) is 0 Å². The summed E-state index contributed by atoms with van der Waals surface area (Å²) in [6.45, 7) is 0.253. The number of sulfone groups is 1. The third kappa shape index (κ3) is 7.31. The van der Waals surface area contributed by atoms with Crippen LogP contribution in [-0.4, -0.2) is 50.1 Å². The molecule has 122 valence electrons. The van der Waals surface area contributed by atoms with Gasteiger partial charge in [-0.05, 0) is 19.3 Å². The molecule has 0 heterocycles. The molecule has 0 aromatic heterocycles. The molecular weight excluding hydrogens is 296 g/mol. The SMILES string of the molecule is CS(=O)(=O)CCCNC(=O)NC1CCCCCC1C(=O)O. The molecule has 0 spiro atoms. The van der Waals surface area contributed by atoms with Gasteiger partial charge < -0.3 is 15.7 Å². The quantitative estimate of drug-likeness (QED) is 0.494. The largest absolute Gasteiger partial charge is 0.481 e. The van der Waals surface area contributed by atoms with E-state index in [1.165, 1.54) is 0 Å². The van der Waals surface area contributed by atoms with E-state index < -0.39 is 27.8 Å². The number of carbonyl (C=O) groups excluding carboxylic acids is 1. The van der Waals surface area contributed by atoms with E-state index >= 15 is 0 Å². The number of carboxylic acids is 1. The van der Waals surface area contributed by atoms with Crippen LogP contribution in [-0.2, 0) is 14.6 Å². The van der Waals surface area contributed by atoms with Gasteiger partial charge in [0.1, 0.15) is 9.84 Å². The molecule has 0 saturated heterocycles. The maximum atomic E-state index is 11.8. The number of hydrogen-bond donors (Lipinski definition) is 3.